The largest absolute Gasteiger partial charge is 0.416 e. The van der Waals surface area contributed by atoms with Gasteiger partial charge in [0.1, 0.15) is 6.54 Å². The zero-order chi connectivity index (χ0) is 31.6. The molecule has 1 unspecified atom stereocenters. The van der Waals surface area contributed by atoms with Crippen molar-refractivity contribution in [2.24, 2.45) is 0 Å². The van der Waals surface area contributed by atoms with Crippen LogP contribution in [-0.4, -0.2) is 70.2 Å². The molecule has 1 heterocycles. The number of aliphatic hydroxyl groups is 1. The van der Waals surface area contributed by atoms with E-state index >= 15 is 0 Å². The highest BCUT2D eigenvalue weighted by Gasteiger charge is 2.39. The van der Waals surface area contributed by atoms with Crippen molar-refractivity contribution in [3.8, 4) is 11.4 Å². The molecule has 0 saturated heterocycles. The highest BCUT2D eigenvalue weighted by atomic mass is 35.5. The summed E-state index contributed by atoms with van der Waals surface area (Å²) >= 11 is 5.84. The van der Waals surface area contributed by atoms with Gasteiger partial charge in [0.15, 0.2) is 11.9 Å². The zero-order valence-electron chi connectivity index (χ0n) is 21.8. The Labute approximate surface area is 240 Å². The molecule has 0 radical (unpaired) electrons. The first-order chi connectivity index (χ1) is 19.3. The molecule has 0 aliphatic rings. The molecule has 10 nitrogen and oxygen atoms in total. The summed E-state index contributed by atoms with van der Waals surface area (Å²) in [5.41, 5.74) is -2.43. The van der Waals surface area contributed by atoms with Crippen molar-refractivity contribution in [1.29, 1.82) is 0 Å². The lowest BCUT2D eigenvalue weighted by Gasteiger charge is -2.22. The molecule has 0 spiro atoms. The van der Waals surface area contributed by atoms with E-state index in [0.717, 1.165) is 16.4 Å². The van der Waals surface area contributed by atoms with Crippen molar-refractivity contribution in [1.82, 2.24) is 24.0 Å². The van der Waals surface area contributed by atoms with Gasteiger partial charge in [0.2, 0.25) is 15.9 Å². The molecule has 3 rings (SSSR count). The highest BCUT2D eigenvalue weighted by Crippen LogP contribution is 2.31. The fourth-order valence-corrected chi connectivity index (χ4v) is 4.81. The van der Waals surface area contributed by atoms with Gasteiger partial charge in [-0.1, -0.05) is 23.7 Å². The lowest BCUT2D eigenvalue weighted by atomic mass is 10.0. The quantitative estimate of drug-likeness (QED) is 0.327. The third kappa shape index (κ3) is 8.11. The number of carbonyl (C=O) groups is 1. The second-order valence-electron chi connectivity index (χ2n) is 9.24. The fourth-order valence-electron chi connectivity index (χ4n) is 3.69. The summed E-state index contributed by atoms with van der Waals surface area (Å²) in [5, 5.41) is 16.0. The molecule has 0 fully saturated rings. The third-order valence-corrected chi connectivity index (χ3v) is 8.06. The molecular weight excluding hydrogens is 620 g/mol. The Morgan fingerprint density at radius 3 is 2.26 bits per heavy atom. The van der Waals surface area contributed by atoms with Crippen molar-refractivity contribution in [3.63, 3.8) is 0 Å². The summed E-state index contributed by atoms with van der Waals surface area (Å²) < 4.78 is 106. The Balaban J connectivity index is 1.99. The first kappa shape index (κ1) is 33.1. The number of rotatable bonds is 10. The van der Waals surface area contributed by atoms with E-state index in [4.69, 9.17) is 11.6 Å². The number of amides is 1. The van der Waals surface area contributed by atoms with Crippen LogP contribution in [0.2, 0.25) is 5.02 Å². The van der Waals surface area contributed by atoms with Gasteiger partial charge in [-0.3, -0.25) is 9.36 Å². The second kappa shape index (κ2) is 12.4. The molecule has 0 aliphatic carbocycles. The number of alkyl halides is 6. The van der Waals surface area contributed by atoms with Gasteiger partial charge in [0.05, 0.1) is 23.9 Å². The van der Waals surface area contributed by atoms with Crippen LogP contribution in [0.25, 0.3) is 11.4 Å². The second-order valence-corrected chi connectivity index (χ2v) is 11.9. The SMILES string of the molecule is CN(C)S(=O)(=O)CC(NC(=O)Cn1nc(-c2ccc(Cl)cc2)n(C[C@H](O)C(F)(F)F)c1=O)c1cccc(C(F)(F)F)c1. The van der Waals surface area contributed by atoms with Gasteiger partial charge in [-0.15, -0.1) is 5.10 Å². The van der Waals surface area contributed by atoms with Crippen LogP contribution in [-0.2, 0) is 34.1 Å². The Bertz CT molecular complexity index is 1590. The average molecular weight is 644 g/mol. The summed E-state index contributed by atoms with van der Waals surface area (Å²) in [7, 11) is -1.72. The molecule has 42 heavy (non-hydrogen) atoms. The number of nitrogens with one attached hydrogen (secondary N) is 1. The van der Waals surface area contributed by atoms with Crippen molar-refractivity contribution < 1.29 is 44.7 Å². The van der Waals surface area contributed by atoms with Gasteiger partial charge >= 0.3 is 18.0 Å². The Morgan fingerprint density at radius 2 is 1.71 bits per heavy atom. The van der Waals surface area contributed by atoms with E-state index < -0.39 is 70.5 Å². The van der Waals surface area contributed by atoms with Gasteiger partial charge in [-0.2, -0.15) is 26.3 Å². The number of nitrogens with zero attached hydrogens (tertiary/aromatic N) is 4. The summed E-state index contributed by atoms with van der Waals surface area (Å²) in [5.74, 6) is -2.29. The minimum atomic E-state index is -5.09. The van der Waals surface area contributed by atoms with Crippen LogP contribution >= 0.6 is 11.6 Å². The lowest BCUT2D eigenvalue weighted by molar-refractivity contribution is -0.207. The van der Waals surface area contributed by atoms with E-state index in [-0.39, 0.29) is 22.0 Å². The molecule has 230 valence electrons. The standard InChI is InChI=1S/C24H24ClF6N5O5S/c1-34(2)42(40,41)13-18(15-4-3-5-16(10-15)23(26,27)28)32-20(38)12-36-22(39)35(11-19(37)24(29,30)31)21(33-36)14-6-8-17(25)9-7-14/h3-10,18-19,37H,11-13H2,1-2H3,(H,32,38)/t18?,19-/m0/s1. The fraction of sp³-hybridized carbons (Fsp3) is 0.375. The first-order valence-electron chi connectivity index (χ1n) is 11.8. The Kier molecular flexibility index (Phi) is 9.81. The minimum Gasteiger partial charge on any atom is -0.382 e. The average Bonchev–Trinajstić information content (AvgIpc) is 3.17. The van der Waals surface area contributed by atoms with E-state index in [1.165, 1.54) is 44.4 Å². The summed E-state index contributed by atoms with van der Waals surface area (Å²) in [6.07, 6.45) is -12.8. The topological polar surface area (TPSA) is 127 Å². The van der Waals surface area contributed by atoms with Crippen LogP contribution in [0.3, 0.4) is 0 Å². The number of hydrogen-bond acceptors (Lipinski definition) is 6. The normalized spacial score (nSPS) is 14.2. The van der Waals surface area contributed by atoms with Crippen molar-refractivity contribution in [2.45, 2.75) is 37.6 Å². The molecule has 2 atom stereocenters. The molecule has 2 N–H and O–H groups in total. The number of carbonyl (C=O) groups excluding carboxylic acids is 1. The van der Waals surface area contributed by atoms with Gasteiger partial charge in [-0.05, 0) is 42.0 Å². The van der Waals surface area contributed by atoms with Crippen molar-refractivity contribution >= 4 is 27.5 Å². The molecule has 1 aromatic heterocycles. The molecule has 3 aromatic rings. The predicted octanol–water partition coefficient (Wildman–Crippen LogP) is 3.06. The van der Waals surface area contributed by atoms with Crippen LogP contribution in [0.1, 0.15) is 17.2 Å². The number of benzene rings is 2. The van der Waals surface area contributed by atoms with Crippen LogP contribution < -0.4 is 11.0 Å². The molecule has 0 aliphatic heterocycles. The predicted molar refractivity (Wildman–Crippen MR) is 139 cm³/mol. The van der Waals surface area contributed by atoms with E-state index in [1.807, 2.05) is 0 Å². The van der Waals surface area contributed by atoms with Crippen molar-refractivity contribution in [3.05, 3.63) is 75.2 Å². The lowest BCUT2D eigenvalue weighted by Crippen LogP contribution is -2.41. The summed E-state index contributed by atoms with van der Waals surface area (Å²) in [4.78, 5) is 26.0. The van der Waals surface area contributed by atoms with E-state index in [9.17, 15) is 49.5 Å². The Morgan fingerprint density at radius 1 is 1.10 bits per heavy atom. The zero-order valence-corrected chi connectivity index (χ0v) is 23.4. The van der Waals surface area contributed by atoms with Crippen LogP contribution in [0.15, 0.2) is 53.3 Å². The minimum absolute atomic E-state index is 0.115. The van der Waals surface area contributed by atoms with E-state index in [2.05, 4.69) is 10.4 Å². The molecule has 18 heteroatoms. The smallest absolute Gasteiger partial charge is 0.382 e. The van der Waals surface area contributed by atoms with Crippen molar-refractivity contribution in [2.75, 3.05) is 19.8 Å². The number of sulfonamides is 1. The number of halogens is 7. The van der Waals surface area contributed by atoms with Gasteiger partial charge < -0.3 is 10.4 Å². The molecule has 0 bridgehead atoms. The monoisotopic (exact) mass is 643 g/mol. The molecule has 2 aromatic carbocycles. The maximum Gasteiger partial charge on any atom is 0.416 e. The number of hydrogen-bond donors (Lipinski definition) is 2. The highest BCUT2D eigenvalue weighted by molar-refractivity contribution is 7.89. The van der Waals surface area contributed by atoms with Crippen LogP contribution in [0.4, 0.5) is 26.3 Å². The maximum atomic E-state index is 13.3. The molecular formula is C24H24ClF6N5O5S. The third-order valence-electron chi connectivity index (χ3n) is 5.94. The molecule has 1 amide bonds. The van der Waals surface area contributed by atoms with E-state index in [1.54, 1.807) is 0 Å². The van der Waals surface area contributed by atoms with E-state index in [0.29, 0.717) is 15.3 Å². The number of aliphatic hydroxyl groups excluding tert-OH is 1. The first-order valence-corrected chi connectivity index (χ1v) is 13.8. The van der Waals surface area contributed by atoms with Crippen LogP contribution in [0.5, 0.6) is 0 Å². The number of aromatic nitrogens is 3. The van der Waals surface area contributed by atoms with Gasteiger partial charge in [0, 0.05) is 24.7 Å². The molecule has 0 saturated carbocycles. The van der Waals surface area contributed by atoms with Gasteiger partial charge in [-0.25, -0.2) is 22.2 Å². The Hall–Kier alpha value is -3.41. The maximum absolute atomic E-state index is 13.3. The van der Waals surface area contributed by atoms with Gasteiger partial charge in [0.25, 0.3) is 0 Å². The summed E-state index contributed by atoms with van der Waals surface area (Å²) in [6, 6.07) is 7.48. The van der Waals surface area contributed by atoms with Crippen LogP contribution in [0, 0.1) is 0 Å². The summed E-state index contributed by atoms with van der Waals surface area (Å²) in [6.45, 7) is -2.22.